The molecule has 0 fully saturated rings. The number of hydrogen-bond acceptors (Lipinski definition) is 6. The number of nitro benzene ring substituents is 1. The lowest BCUT2D eigenvalue weighted by Crippen LogP contribution is -2.15. The van der Waals surface area contributed by atoms with Crippen molar-refractivity contribution >= 4 is 52.2 Å². The normalized spacial score (nSPS) is 10.3. The molecule has 2 aromatic carbocycles. The minimum atomic E-state index is -0.710. The second-order valence-corrected chi connectivity index (χ2v) is 6.70. The Kier molecular flexibility index (Phi) is 8.11. The summed E-state index contributed by atoms with van der Waals surface area (Å²) in [4.78, 5) is 45.8. The zero-order valence-electron chi connectivity index (χ0n) is 15.0. The summed E-state index contributed by atoms with van der Waals surface area (Å²) in [6.45, 7) is -0.566. The fourth-order valence-electron chi connectivity index (χ4n) is 2.30. The Morgan fingerprint density at radius 1 is 1.03 bits per heavy atom. The van der Waals surface area contributed by atoms with Crippen molar-refractivity contribution in [1.82, 2.24) is 0 Å². The number of halogens is 2. The van der Waals surface area contributed by atoms with E-state index in [0.717, 1.165) is 6.07 Å². The molecule has 0 aromatic heterocycles. The van der Waals surface area contributed by atoms with E-state index >= 15 is 0 Å². The van der Waals surface area contributed by atoms with Gasteiger partial charge >= 0.3 is 5.97 Å². The number of carbonyl (C=O) groups is 3. The molecular weight excluding hydrogens is 423 g/mol. The molecule has 0 bridgehead atoms. The number of esters is 1. The molecule has 152 valence electrons. The van der Waals surface area contributed by atoms with Crippen molar-refractivity contribution in [3.8, 4) is 0 Å². The first kappa shape index (κ1) is 22.3. The van der Waals surface area contributed by atoms with Crippen LogP contribution in [-0.2, 0) is 14.3 Å². The van der Waals surface area contributed by atoms with Gasteiger partial charge in [0.2, 0.25) is 11.7 Å². The molecule has 1 N–H and O–H groups in total. The summed E-state index contributed by atoms with van der Waals surface area (Å²) in [6, 6.07) is 10.3. The summed E-state index contributed by atoms with van der Waals surface area (Å²) >= 11 is 11.6. The first-order valence-electron chi connectivity index (χ1n) is 8.45. The standard InChI is InChI=1S/C19H16Cl2N2O6/c20-13-4-1-2-5-15(13)22-18(25)6-3-7-19(26)29-11-17(24)12-8-9-14(21)16(10-12)23(27)28/h1-2,4-5,8-10H,3,6-7,11H2,(H,22,25). The van der Waals surface area contributed by atoms with E-state index in [2.05, 4.69) is 5.32 Å². The van der Waals surface area contributed by atoms with Gasteiger partial charge in [0.1, 0.15) is 5.02 Å². The summed E-state index contributed by atoms with van der Waals surface area (Å²) in [5.74, 6) is -1.57. The van der Waals surface area contributed by atoms with Crippen LogP contribution in [0.5, 0.6) is 0 Å². The molecule has 0 spiro atoms. The summed E-state index contributed by atoms with van der Waals surface area (Å²) in [5, 5.41) is 13.8. The predicted octanol–water partition coefficient (Wildman–Crippen LogP) is 4.44. The van der Waals surface area contributed by atoms with Gasteiger partial charge in [0, 0.05) is 24.5 Å². The van der Waals surface area contributed by atoms with Crippen molar-refractivity contribution in [3.63, 3.8) is 0 Å². The van der Waals surface area contributed by atoms with Crippen LogP contribution in [0.1, 0.15) is 29.6 Å². The molecule has 0 saturated heterocycles. The molecule has 0 aliphatic heterocycles. The zero-order valence-corrected chi connectivity index (χ0v) is 16.5. The van der Waals surface area contributed by atoms with Gasteiger partial charge < -0.3 is 10.1 Å². The molecule has 0 heterocycles. The van der Waals surface area contributed by atoms with E-state index in [0.29, 0.717) is 10.7 Å². The van der Waals surface area contributed by atoms with E-state index in [1.54, 1.807) is 24.3 Å². The van der Waals surface area contributed by atoms with Crippen LogP contribution in [0, 0.1) is 10.1 Å². The number of hydrogen-bond donors (Lipinski definition) is 1. The topological polar surface area (TPSA) is 116 Å². The Morgan fingerprint density at radius 2 is 1.76 bits per heavy atom. The third-order valence-electron chi connectivity index (χ3n) is 3.76. The number of anilines is 1. The van der Waals surface area contributed by atoms with Gasteiger partial charge in [-0.05, 0) is 30.7 Å². The van der Waals surface area contributed by atoms with Crippen LogP contribution >= 0.6 is 23.2 Å². The van der Waals surface area contributed by atoms with E-state index < -0.39 is 29.0 Å². The highest BCUT2D eigenvalue weighted by Crippen LogP contribution is 2.25. The molecule has 0 atom stereocenters. The Morgan fingerprint density at radius 3 is 2.45 bits per heavy atom. The number of nitrogens with zero attached hydrogens (tertiary/aromatic N) is 1. The molecule has 10 heteroatoms. The maximum absolute atomic E-state index is 12.0. The lowest BCUT2D eigenvalue weighted by molar-refractivity contribution is -0.384. The van der Waals surface area contributed by atoms with Crippen LogP contribution < -0.4 is 5.32 Å². The Hall–Kier alpha value is -2.97. The van der Waals surface area contributed by atoms with E-state index in [1.807, 2.05) is 0 Å². The Balaban J connectivity index is 1.75. The minimum Gasteiger partial charge on any atom is -0.457 e. The quantitative estimate of drug-likeness (QED) is 0.267. The van der Waals surface area contributed by atoms with Gasteiger partial charge in [-0.2, -0.15) is 0 Å². The maximum Gasteiger partial charge on any atom is 0.306 e. The Labute approximate surface area is 175 Å². The number of nitrogens with one attached hydrogen (secondary N) is 1. The van der Waals surface area contributed by atoms with Gasteiger partial charge in [-0.1, -0.05) is 35.3 Å². The number of rotatable bonds is 9. The number of carbonyl (C=O) groups excluding carboxylic acids is 3. The number of ketones is 1. The zero-order chi connectivity index (χ0) is 21.4. The molecule has 0 radical (unpaired) electrons. The predicted molar refractivity (Wildman–Crippen MR) is 107 cm³/mol. The van der Waals surface area contributed by atoms with Crippen molar-refractivity contribution in [1.29, 1.82) is 0 Å². The molecule has 0 aliphatic rings. The van der Waals surface area contributed by atoms with Gasteiger partial charge in [-0.15, -0.1) is 0 Å². The second-order valence-electron chi connectivity index (χ2n) is 5.89. The largest absolute Gasteiger partial charge is 0.457 e. The van der Waals surface area contributed by atoms with Crippen LogP contribution in [0.25, 0.3) is 0 Å². The van der Waals surface area contributed by atoms with Crippen LogP contribution in [0.3, 0.4) is 0 Å². The summed E-state index contributed by atoms with van der Waals surface area (Å²) < 4.78 is 4.86. The number of para-hydroxylation sites is 1. The van der Waals surface area contributed by atoms with Gasteiger partial charge in [-0.3, -0.25) is 24.5 Å². The van der Waals surface area contributed by atoms with Gasteiger partial charge in [0.25, 0.3) is 5.69 Å². The van der Waals surface area contributed by atoms with E-state index in [-0.39, 0.29) is 35.8 Å². The number of Topliss-reactive ketones (excluding diaryl/α,β-unsaturated/α-hetero) is 1. The molecule has 0 unspecified atom stereocenters. The van der Waals surface area contributed by atoms with Crippen molar-refractivity contribution in [2.75, 3.05) is 11.9 Å². The summed E-state index contributed by atoms with van der Waals surface area (Å²) in [6.07, 6.45) is 0.220. The third kappa shape index (κ3) is 6.85. The highest BCUT2D eigenvalue weighted by Gasteiger charge is 2.17. The maximum atomic E-state index is 12.0. The fraction of sp³-hybridized carbons (Fsp3) is 0.211. The smallest absolute Gasteiger partial charge is 0.306 e. The van der Waals surface area contributed by atoms with E-state index in [9.17, 15) is 24.5 Å². The van der Waals surface area contributed by atoms with Crippen LogP contribution in [-0.4, -0.2) is 29.2 Å². The van der Waals surface area contributed by atoms with Gasteiger partial charge in [0.05, 0.1) is 15.6 Å². The number of amides is 1. The van der Waals surface area contributed by atoms with Crippen LogP contribution in [0.4, 0.5) is 11.4 Å². The van der Waals surface area contributed by atoms with Crippen LogP contribution in [0.15, 0.2) is 42.5 Å². The third-order valence-corrected chi connectivity index (χ3v) is 4.41. The number of nitro groups is 1. The van der Waals surface area contributed by atoms with Crippen molar-refractivity contribution < 1.29 is 24.0 Å². The lowest BCUT2D eigenvalue weighted by atomic mass is 10.1. The molecule has 0 saturated carbocycles. The van der Waals surface area contributed by atoms with Gasteiger partial charge in [-0.25, -0.2) is 0 Å². The molecule has 0 aliphatic carbocycles. The van der Waals surface area contributed by atoms with Crippen LogP contribution in [0.2, 0.25) is 10.0 Å². The van der Waals surface area contributed by atoms with Crippen molar-refractivity contribution in [2.24, 2.45) is 0 Å². The fourth-order valence-corrected chi connectivity index (χ4v) is 2.67. The van der Waals surface area contributed by atoms with E-state index in [4.69, 9.17) is 27.9 Å². The summed E-state index contributed by atoms with van der Waals surface area (Å²) in [7, 11) is 0. The van der Waals surface area contributed by atoms with Gasteiger partial charge in [0.15, 0.2) is 6.61 Å². The van der Waals surface area contributed by atoms with Crippen molar-refractivity contribution in [2.45, 2.75) is 19.3 Å². The molecule has 8 nitrogen and oxygen atoms in total. The average molecular weight is 439 g/mol. The first-order chi connectivity index (χ1) is 13.8. The second kappa shape index (κ2) is 10.5. The molecule has 1 amide bonds. The molecule has 29 heavy (non-hydrogen) atoms. The first-order valence-corrected chi connectivity index (χ1v) is 9.20. The summed E-state index contributed by atoms with van der Waals surface area (Å²) in [5.41, 5.74) is 0.0748. The minimum absolute atomic E-state index is 0.00742. The average Bonchev–Trinajstić information content (AvgIpc) is 2.68. The highest BCUT2D eigenvalue weighted by molar-refractivity contribution is 6.33. The highest BCUT2D eigenvalue weighted by atomic mass is 35.5. The SMILES string of the molecule is O=C(CCCC(=O)OCC(=O)c1ccc(Cl)c([N+](=O)[O-])c1)Nc1ccccc1Cl. The Bertz CT molecular complexity index is 948. The van der Waals surface area contributed by atoms with E-state index in [1.165, 1.54) is 12.1 Å². The monoisotopic (exact) mass is 438 g/mol. The molecule has 2 aromatic rings. The molecular formula is C19H16Cl2N2O6. The molecule has 2 rings (SSSR count). The van der Waals surface area contributed by atoms with Crippen molar-refractivity contribution in [3.05, 3.63) is 68.2 Å². The number of benzene rings is 2. The lowest BCUT2D eigenvalue weighted by Gasteiger charge is -2.07. The number of ether oxygens (including phenoxy) is 1.